The molecule has 1 aromatic carbocycles. The van der Waals surface area contributed by atoms with Crippen LogP contribution in [0.3, 0.4) is 0 Å². The molecule has 3 heterocycles. The maximum absolute atomic E-state index is 12.9. The van der Waals surface area contributed by atoms with E-state index in [0.29, 0.717) is 0 Å². The number of benzene rings is 1. The number of rotatable bonds is 4. The molecule has 152 valence electrons. The van der Waals surface area contributed by atoms with Gasteiger partial charge >= 0.3 is 6.03 Å². The second-order valence-corrected chi connectivity index (χ2v) is 8.27. The highest BCUT2D eigenvalue weighted by Gasteiger charge is 2.33. The van der Waals surface area contributed by atoms with Gasteiger partial charge < -0.3 is 9.88 Å². The maximum Gasteiger partial charge on any atom is 0.329 e. The van der Waals surface area contributed by atoms with E-state index in [1.165, 1.54) is 4.90 Å². The first kappa shape index (κ1) is 20.1. The molecule has 2 aromatic heterocycles. The summed E-state index contributed by atoms with van der Waals surface area (Å²) in [5, 5.41) is 2.70. The van der Waals surface area contributed by atoms with Crippen molar-refractivity contribution < 1.29 is 9.59 Å². The van der Waals surface area contributed by atoms with Crippen molar-refractivity contribution in [3.63, 3.8) is 0 Å². The summed E-state index contributed by atoms with van der Waals surface area (Å²) in [4.78, 5) is 30.9. The SMILES string of the molecule is Cc1ccnc(-n2c(C)cc(/C=C3/NC(=O)N(Cc4ccc(Br)cc4)C3=O)c2C)c1. The van der Waals surface area contributed by atoms with E-state index in [4.69, 9.17) is 0 Å². The fourth-order valence-electron chi connectivity index (χ4n) is 3.57. The number of amides is 3. The molecule has 0 aliphatic carbocycles. The number of urea groups is 1. The Morgan fingerprint density at radius 3 is 2.50 bits per heavy atom. The highest BCUT2D eigenvalue weighted by atomic mass is 79.9. The molecule has 1 aliphatic heterocycles. The van der Waals surface area contributed by atoms with Crippen LogP contribution in [0, 0.1) is 20.8 Å². The predicted molar refractivity (Wildman–Crippen MR) is 119 cm³/mol. The molecular formula is C23H21BrN4O2. The molecular weight excluding hydrogens is 444 g/mol. The van der Waals surface area contributed by atoms with Gasteiger partial charge in [-0.15, -0.1) is 0 Å². The molecule has 0 radical (unpaired) electrons. The number of aromatic nitrogens is 2. The third-order valence-electron chi connectivity index (χ3n) is 5.12. The molecule has 1 saturated heterocycles. The molecule has 1 N–H and O–H groups in total. The Kier molecular flexibility index (Phi) is 5.30. The van der Waals surface area contributed by atoms with E-state index in [2.05, 4.69) is 26.2 Å². The van der Waals surface area contributed by atoms with E-state index >= 15 is 0 Å². The lowest BCUT2D eigenvalue weighted by molar-refractivity contribution is -0.123. The van der Waals surface area contributed by atoms with Gasteiger partial charge in [-0.1, -0.05) is 28.1 Å². The minimum Gasteiger partial charge on any atom is -0.303 e. The van der Waals surface area contributed by atoms with E-state index in [-0.39, 0.29) is 18.1 Å². The Balaban J connectivity index is 1.62. The van der Waals surface area contributed by atoms with Crippen molar-refractivity contribution in [2.24, 2.45) is 0 Å². The van der Waals surface area contributed by atoms with E-state index in [1.54, 1.807) is 12.3 Å². The first-order valence-corrected chi connectivity index (χ1v) is 10.3. The monoisotopic (exact) mass is 464 g/mol. The van der Waals surface area contributed by atoms with Crippen molar-refractivity contribution in [3.8, 4) is 5.82 Å². The standard InChI is InChI=1S/C23H21BrN4O2/c1-14-8-9-25-21(10-14)28-15(2)11-18(16(28)3)12-20-22(29)27(23(30)26-20)13-17-4-6-19(24)7-5-17/h4-12H,13H2,1-3H3,(H,26,30)/b20-12+. The lowest BCUT2D eigenvalue weighted by atomic mass is 10.2. The smallest absolute Gasteiger partial charge is 0.303 e. The summed E-state index contributed by atoms with van der Waals surface area (Å²) in [7, 11) is 0. The zero-order chi connectivity index (χ0) is 21.4. The molecule has 7 heteroatoms. The third-order valence-corrected chi connectivity index (χ3v) is 5.65. The summed E-state index contributed by atoms with van der Waals surface area (Å²) in [6.07, 6.45) is 3.51. The number of pyridine rings is 1. The van der Waals surface area contributed by atoms with E-state index in [9.17, 15) is 9.59 Å². The quantitative estimate of drug-likeness (QED) is 0.451. The molecule has 0 saturated carbocycles. The number of nitrogens with zero attached hydrogens (tertiary/aromatic N) is 3. The van der Waals surface area contributed by atoms with Crippen LogP contribution in [0.2, 0.25) is 0 Å². The van der Waals surface area contributed by atoms with Crippen LogP contribution < -0.4 is 5.32 Å². The summed E-state index contributed by atoms with van der Waals surface area (Å²) < 4.78 is 2.99. The molecule has 0 atom stereocenters. The average molecular weight is 465 g/mol. The highest BCUT2D eigenvalue weighted by Crippen LogP contribution is 2.24. The summed E-state index contributed by atoms with van der Waals surface area (Å²) in [6.45, 7) is 6.22. The van der Waals surface area contributed by atoms with Gasteiger partial charge in [0.1, 0.15) is 11.5 Å². The average Bonchev–Trinajstić information content (AvgIpc) is 3.13. The molecule has 6 nitrogen and oxygen atoms in total. The van der Waals surface area contributed by atoms with Crippen LogP contribution in [-0.2, 0) is 11.3 Å². The Hall–Kier alpha value is -3.19. The number of carbonyl (C=O) groups excluding carboxylic acids is 2. The minimum absolute atomic E-state index is 0.224. The normalized spacial score (nSPS) is 15.2. The lowest BCUT2D eigenvalue weighted by Crippen LogP contribution is -2.30. The fraction of sp³-hybridized carbons (Fsp3) is 0.174. The Labute approximate surface area is 183 Å². The van der Waals surface area contributed by atoms with Crippen LogP contribution >= 0.6 is 15.9 Å². The summed E-state index contributed by atoms with van der Waals surface area (Å²) in [5.41, 5.74) is 5.09. The lowest BCUT2D eigenvalue weighted by Gasteiger charge is -2.11. The van der Waals surface area contributed by atoms with Gasteiger partial charge in [0.25, 0.3) is 5.91 Å². The molecule has 4 rings (SSSR count). The number of aryl methyl sites for hydroxylation is 2. The zero-order valence-electron chi connectivity index (χ0n) is 16.9. The molecule has 0 unspecified atom stereocenters. The van der Waals surface area contributed by atoms with Gasteiger partial charge in [0, 0.05) is 22.1 Å². The van der Waals surface area contributed by atoms with Gasteiger partial charge in [-0.25, -0.2) is 9.78 Å². The van der Waals surface area contributed by atoms with Crippen molar-refractivity contribution >= 4 is 33.9 Å². The number of halogens is 1. The topological polar surface area (TPSA) is 67.2 Å². The van der Waals surface area contributed by atoms with Crippen molar-refractivity contribution in [3.05, 3.63) is 86.9 Å². The van der Waals surface area contributed by atoms with Crippen LogP contribution in [0.1, 0.15) is 28.1 Å². The van der Waals surface area contributed by atoms with Crippen LogP contribution in [0.15, 0.2) is 58.8 Å². The van der Waals surface area contributed by atoms with Gasteiger partial charge in [0.2, 0.25) is 0 Å². The van der Waals surface area contributed by atoms with Gasteiger partial charge in [-0.05, 0) is 73.9 Å². The Morgan fingerprint density at radius 1 is 1.07 bits per heavy atom. The third kappa shape index (κ3) is 3.80. The van der Waals surface area contributed by atoms with Gasteiger partial charge in [0.15, 0.2) is 0 Å². The summed E-state index contributed by atoms with van der Waals surface area (Å²) in [6, 6.07) is 13.1. The van der Waals surface area contributed by atoms with Crippen LogP contribution in [0.4, 0.5) is 4.79 Å². The second-order valence-electron chi connectivity index (χ2n) is 7.36. The molecule has 0 bridgehead atoms. The van der Waals surface area contributed by atoms with Crippen LogP contribution in [0.25, 0.3) is 11.9 Å². The summed E-state index contributed by atoms with van der Waals surface area (Å²) >= 11 is 3.39. The van der Waals surface area contributed by atoms with E-state index in [0.717, 1.165) is 38.4 Å². The van der Waals surface area contributed by atoms with Gasteiger partial charge in [-0.3, -0.25) is 9.69 Å². The first-order valence-electron chi connectivity index (χ1n) is 9.54. The van der Waals surface area contributed by atoms with Gasteiger partial charge in [-0.2, -0.15) is 0 Å². The largest absolute Gasteiger partial charge is 0.329 e. The molecule has 3 aromatic rings. The number of carbonyl (C=O) groups is 2. The van der Waals surface area contributed by atoms with Crippen molar-refractivity contribution in [2.45, 2.75) is 27.3 Å². The van der Waals surface area contributed by atoms with E-state index in [1.807, 2.05) is 67.8 Å². The van der Waals surface area contributed by atoms with E-state index < -0.39 is 6.03 Å². The molecule has 3 amide bonds. The molecule has 1 aliphatic rings. The highest BCUT2D eigenvalue weighted by molar-refractivity contribution is 9.10. The number of hydrogen-bond donors (Lipinski definition) is 1. The van der Waals surface area contributed by atoms with Gasteiger partial charge in [0.05, 0.1) is 6.54 Å². The Morgan fingerprint density at radius 2 is 1.80 bits per heavy atom. The Bertz CT molecular complexity index is 1180. The number of imide groups is 1. The number of hydrogen-bond acceptors (Lipinski definition) is 3. The number of nitrogens with one attached hydrogen (secondary N) is 1. The predicted octanol–water partition coefficient (Wildman–Crippen LogP) is 4.65. The maximum atomic E-state index is 12.9. The summed E-state index contributed by atoms with van der Waals surface area (Å²) in [5.74, 6) is 0.495. The minimum atomic E-state index is -0.414. The second kappa shape index (κ2) is 7.91. The van der Waals surface area contributed by atoms with Crippen LogP contribution in [-0.4, -0.2) is 26.4 Å². The fourth-order valence-corrected chi connectivity index (χ4v) is 3.84. The van der Waals surface area contributed by atoms with Crippen molar-refractivity contribution in [1.29, 1.82) is 0 Å². The molecule has 30 heavy (non-hydrogen) atoms. The molecule has 1 fully saturated rings. The molecule has 0 spiro atoms. The van der Waals surface area contributed by atoms with Crippen LogP contribution in [0.5, 0.6) is 0 Å². The zero-order valence-corrected chi connectivity index (χ0v) is 18.5. The van der Waals surface area contributed by atoms with Crippen molar-refractivity contribution in [1.82, 2.24) is 19.8 Å². The first-order chi connectivity index (χ1) is 14.3. The van der Waals surface area contributed by atoms with Crippen molar-refractivity contribution in [2.75, 3.05) is 0 Å².